The average Bonchev–Trinajstić information content (AvgIpc) is 2.79. The Balaban J connectivity index is 2.47. The minimum absolute atomic E-state index is 0.0331. The first kappa shape index (κ1) is 11.5. The van der Waals surface area contributed by atoms with Crippen molar-refractivity contribution in [1.82, 2.24) is 9.88 Å². The number of aliphatic hydroxyl groups excluding tert-OH is 1. The lowest BCUT2D eigenvalue weighted by Crippen LogP contribution is -2.32. The monoisotopic (exact) mass is 257 g/mol. The van der Waals surface area contributed by atoms with Gasteiger partial charge in [0.15, 0.2) is 0 Å². The van der Waals surface area contributed by atoms with E-state index in [0.717, 1.165) is 0 Å². The largest absolute Gasteiger partial charge is 0.388 e. The molecule has 0 radical (unpaired) electrons. The van der Waals surface area contributed by atoms with E-state index in [1.54, 1.807) is 0 Å². The van der Waals surface area contributed by atoms with E-state index in [-0.39, 0.29) is 17.1 Å². The quantitative estimate of drug-likeness (QED) is 0.698. The van der Waals surface area contributed by atoms with Crippen molar-refractivity contribution in [1.29, 1.82) is 0 Å². The normalized spacial score (nSPS) is 17.9. The van der Waals surface area contributed by atoms with Crippen LogP contribution < -0.4 is 4.72 Å². The van der Waals surface area contributed by atoms with Crippen LogP contribution in [0.25, 0.3) is 0 Å². The van der Waals surface area contributed by atoms with Crippen LogP contribution in [-0.2, 0) is 15.0 Å². The number of carbonyl (C=O) groups excluding carboxylic acids is 1. The molecule has 0 aromatic carbocycles. The molecule has 0 fully saturated rings. The summed E-state index contributed by atoms with van der Waals surface area (Å²) in [6.45, 7) is -0.805. The molecule has 8 nitrogen and oxygen atoms in total. The molecule has 0 unspecified atom stereocenters. The van der Waals surface area contributed by atoms with Crippen molar-refractivity contribution in [3.8, 4) is 0 Å². The second-order valence-electron chi connectivity index (χ2n) is 3.08. The van der Waals surface area contributed by atoms with Crippen molar-refractivity contribution < 1.29 is 22.8 Å². The minimum Gasteiger partial charge on any atom is -0.388 e. The molecular formula is C8H7N3O5S. The van der Waals surface area contributed by atoms with Crippen LogP contribution in [0.1, 0.15) is 5.69 Å². The van der Waals surface area contributed by atoms with Gasteiger partial charge in [0.2, 0.25) is 5.78 Å². The summed E-state index contributed by atoms with van der Waals surface area (Å²) in [7, 11) is -4.01. The van der Waals surface area contributed by atoms with Gasteiger partial charge in [-0.3, -0.25) is 9.52 Å². The van der Waals surface area contributed by atoms with Crippen molar-refractivity contribution in [3.63, 3.8) is 0 Å². The van der Waals surface area contributed by atoms with Crippen LogP contribution in [0, 0.1) is 0 Å². The third kappa shape index (κ3) is 2.40. The van der Waals surface area contributed by atoms with E-state index in [2.05, 4.69) is 14.1 Å². The number of aromatic nitrogens is 1. The van der Waals surface area contributed by atoms with Crippen molar-refractivity contribution in [2.45, 2.75) is 0 Å². The lowest BCUT2D eigenvalue weighted by atomic mass is 10.2. The summed E-state index contributed by atoms with van der Waals surface area (Å²) in [5, 5.41) is 12.2. The molecule has 2 heterocycles. The molecule has 17 heavy (non-hydrogen) atoms. The van der Waals surface area contributed by atoms with Crippen LogP contribution in [0.4, 0.5) is 0 Å². The SMILES string of the molecule is O=C(CO)C1=CC(c2ccon2)=NS(=O)(=O)N1. The number of ketones is 1. The van der Waals surface area contributed by atoms with Crippen molar-refractivity contribution in [2.75, 3.05) is 6.61 Å². The Morgan fingerprint density at radius 1 is 1.53 bits per heavy atom. The van der Waals surface area contributed by atoms with Gasteiger partial charge in [-0.1, -0.05) is 5.16 Å². The summed E-state index contributed by atoms with van der Waals surface area (Å²) < 4.78 is 32.5. The summed E-state index contributed by atoms with van der Waals surface area (Å²) in [6.07, 6.45) is 2.42. The highest BCUT2D eigenvalue weighted by molar-refractivity contribution is 7.88. The van der Waals surface area contributed by atoms with Gasteiger partial charge in [-0.2, -0.15) is 8.42 Å². The molecule has 2 N–H and O–H groups in total. The molecule has 1 aliphatic rings. The maximum atomic E-state index is 11.4. The Kier molecular flexibility index (Phi) is 2.77. The zero-order chi connectivity index (χ0) is 12.5. The highest BCUT2D eigenvalue weighted by Gasteiger charge is 2.23. The third-order valence-electron chi connectivity index (χ3n) is 1.88. The number of nitrogens with zero attached hydrogens (tertiary/aromatic N) is 2. The number of hydrogen-bond donors (Lipinski definition) is 2. The molecule has 0 saturated heterocycles. The molecule has 0 atom stereocenters. The van der Waals surface area contributed by atoms with Gasteiger partial charge in [-0.25, -0.2) is 0 Å². The molecule has 0 amide bonds. The van der Waals surface area contributed by atoms with E-state index < -0.39 is 22.6 Å². The van der Waals surface area contributed by atoms with E-state index in [1.165, 1.54) is 18.4 Å². The van der Waals surface area contributed by atoms with Gasteiger partial charge in [0.05, 0.1) is 5.70 Å². The Labute approximate surface area is 95.8 Å². The number of rotatable bonds is 3. The standard InChI is InChI=1S/C8H7N3O5S/c12-4-8(13)7-3-6(5-1-2-16-9-5)10-17(14,15)11-7/h1-3,11-12H,4H2. The Hall–Kier alpha value is -2.00. The van der Waals surface area contributed by atoms with Gasteiger partial charge in [0.25, 0.3) is 0 Å². The maximum Gasteiger partial charge on any atom is 0.342 e. The maximum absolute atomic E-state index is 11.4. The summed E-state index contributed by atoms with van der Waals surface area (Å²) >= 11 is 0. The summed E-state index contributed by atoms with van der Waals surface area (Å²) in [5.41, 5.74) is -0.117. The van der Waals surface area contributed by atoms with Crippen LogP contribution in [-0.4, -0.2) is 36.8 Å². The fraction of sp³-hybridized carbons (Fsp3) is 0.125. The molecule has 1 aliphatic heterocycles. The summed E-state index contributed by atoms with van der Waals surface area (Å²) in [4.78, 5) is 11.2. The number of nitrogens with one attached hydrogen (secondary N) is 1. The minimum atomic E-state index is -4.01. The van der Waals surface area contributed by atoms with E-state index in [9.17, 15) is 13.2 Å². The molecule has 0 bridgehead atoms. The highest BCUT2D eigenvalue weighted by Crippen LogP contribution is 2.10. The smallest absolute Gasteiger partial charge is 0.342 e. The molecular weight excluding hydrogens is 250 g/mol. The van der Waals surface area contributed by atoms with Gasteiger partial charge < -0.3 is 9.63 Å². The molecule has 1 aromatic heterocycles. The average molecular weight is 257 g/mol. The highest BCUT2D eigenvalue weighted by atomic mass is 32.2. The van der Waals surface area contributed by atoms with E-state index >= 15 is 0 Å². The zero-order valence-electron chi connectivity index (χ0n) is 8.32. The number of Topliss-reactive ketones (excluding diaryl/α,β-unsaturated/α-hetero) is 1. The summed E-state index contributed by atoms with van der Waals surface area (Å²) in [5.74, 6) is -0.760. The fourth-order valence-corrected chi connectivity index (χ4v) is 2.07. The van der Waals surface area contributed by atoms with E-state index in [0.29, 0.717) is 0 Å². The lowest BCUT2D eigenvalue weighted by molar-refractivity contribution is -0.118. The van der Waals surface area contributed by atoms with Crippen LogP contribution in [0.15, 0.2) is 33.0 Å². The van der Waals surface area contributed by atoms with Crippen molar-refractivity contribution in [2.24, 2.45) is 4.40 Å². The predicted octanol–water partition coefficient (Wildman–Crippen LogP) is -1.24. The molecule has 9 heteroatoms. The third-order valence-corrected chi connectivity index (χ3v) is 2.80. The first-order valence-electron chi connectivity index (χ1n) is 4.41. The Morgan fingerprint density at radius 2 is 2.29 bits per heavy atom. The van der Waals surface area contributed by atoms with Crippen molar-refractivity contribution >= 4 is 21.7 Å². The molecule has 2 rings (SSSR count). The Bertz CT molecular complexity index is 599. The second-order valence-corrected chi connectivity index (χ2v) is 4.41. The van der Waals surface area contributed by atoms with Crippen molar-refractivity contribution in [3.05, 3.63) is 29.8 Å². The fourth-order valence-electron chi connectivity index (χ4n) is 1.17. The van der Waals surface area contributed by atoms with Crippen LogP contribution >= 0.6 is 0 Å². The number of hydrogen-bond acceptors (Lipinski definition) is 6. The molecule has 0 aliphatic carbocycles. The topological polar surface area (TPSA) is 122 Å². The van der Waals surface area contributed by atoms with Gasteiger partial charge >= 0.3 is 10.2 Å². The van der Waals surface area contributed by atoms with Crippen LogP contribution in [0.5, 0.6) is 0 Å². The second kappa shape index (κ2) is 4.11. The first-order valence-corrected chi connectivity index (χ1v) is 5.85. The number of aliphatic hydroxyl groups is 1. The van der Waals surface area contributed by atoms with Gasteiger partial charge in [0, 0.05) is 6.07 Å². The lowest BCUT2D eigenvalue weighted by Gasteiger charge is -2.12. The van der Waals surface area contributed by atoms with E-state index in [4.69, 9.17) is 5.11 Å². The zero-order valence-corrected chi connectivity index (χ0v) is 9.14. The van der Waals surface area contributed by atoms with Crippen LogP contribution in [0.3, 0.4) is 0 Å². The number of carbonyl (C=O) groups is 1. The van der Waals surface area contributed by atoms with Gasteiger partial charge in [0.1, 0.15) is 24.3 Å². The van der Waals surface area contributed by atoms with E-state index in [1.807, 2.05) is 4.72 Å². The predicted molar refractivity (Wildman–Crippen MR) is 55.3 cm³/mol. The Morgan fingerprint density at radius 3 is 2.88 bits per heavy atom. The number of allylic oxidation sites excluding steroid dienone is 1. The van der Waals surface area contributed by atoms with Gasteiger partial charge in [-0.15, -0.1) is 4.40 Å². The molecule has 1 aromatic rings. The summed E-state index contributed by atoms with van der Waals surface area (Å²) in [6, 6.07) is 1.40. The molecule has 90 valence electrons. The first-order chi connectivity index (χ1) is 8.02. The molecule has 0 saturated carbocycles. The molecule has 0 spiro atoms. The van der Waals surface area contributed by atoms with Gasteiger partial charge in [-0.05, 0) is 6.08 Å². The van der Waals surface area contributed by atoms with Crippen LogP contribution in [0.2, 0.25) is 0 Å².